The Morgan fingerprint density at radius 3 is 1.76 bits per heavy atom. The minimum atomic E-state index is -1.43. The van der Waals surface area contributed by atoms with Crippen molar-refractivity contribution in [3.8, 4) is 11.1 Å². The van der Waals surface area contributed by atoms with Crippen LogP contribution in [0.5, 0.6) is 0 Å². The van der Waals surface area contributed by atoms with Crippen LogP contribution >= 0.6 is 17.0 Å². The molecule has 0 aliphatic rings. The van der Waals surface area contributed by atoms with Gasteiger partial charge in [0.15, 0.2) is 0 Å². The molecule has 0 unspecified atom stereocenters. The Hall–Kier alpha value is -0.0531. The summed E-state index contributed by atoms with van der Waals surface area (Å²) in [5, 5.41) is 6.02. The Morgan fingerprint density at radius 2 is 1.35 bits per heavy atom. The fourth-order valence-electron chi connectivity index (χ4n) is 4.51. The van der Waals surface area contributed by atoms with Gasteiger partial charge in [-0.3, -0.25) is 0 Å². The molecule has 0 aliphatic carbocycles. The standard InChI is InChI=1S/C29H43Si2.2ClH.Zr/c1-20(2)14-21-15-22-12-13-27(29(3,4)5)28(26(22)16-21)23-17-24(30(6,7)8)19-25(18-23)31(9,10)11;;;/h12-13,15-20H,14H2,1-11H3;2*1H;/q-1;;;+2/p-2. The van der Waals surface area contributed by atoms with E-state index < -0.39 is 37.0 Å². The van der Waals surface area contributed by atoms with Crippen LogP contribution in [0, 0.1) is 5.92 Å². The predicted molar refractivity (Wildman–Crippen MR) is 160 cm³/mol. The van der Waals surface area contributed by atoms with Crippen LogP contribution in [0.2, 0.25) is 39.3 Å². The molecule has 0 aromatic heterocycles. The summed E-state index contributed by atoms with van der Waals surface area (Å²) in [6.07, 6.45) is 1.15. The van der Waals surface area contributed by atoms with E-state index in [2.05, 4.69) is 116 Å². The van der Waals surface area contributed by atoms with Crippen molar-refractivity contribution in [1.29, 1.82) is 0 Å². The molecular weight excluding hydrogens is 567 g/mol. The summed E-state index contributed by atoms with van der Waals surface area (Å²) in [5.41, 5.74) is 5.96. The molecule has 3 rings (SSSR count). The average molecular weight is 610 g/mol. The Labute approximate surface area is 229 Å². The molecule has 0 N–H and O–H groups in total. The average Bonchev–Trinajstić information content (AvgIpc) is 3.06. The van der Waals surface area contributed by atoms with Crippen molar-refractivity contribution >= 4 is 54.3 Å². The molecule has 186 valence electrons. The fourth-order valence-corrected chi connectivity index (χ4v) is 7.01. The first-order chi connectivity index (χ1) is 15.5. The van der Waals surface area contributed by atoms with E-state index in [1.54, 1.807) is 10.4 Å². The molecule has 0 nitrogen and oxygen atoms in total. The molecule has 0 radical (unpaired) electrons. The van der Waals surface area contributed by atoms with Gasteiger partial charge in [0.05, 0.1) is 16.1 Å². The van der Waals surface area contributed by atoms with E-state index in [-0.39, 0.29) is 5.41 Å². The number of hydrogen-bond donors (Lipinski definition) is 0. The van der Waals surface area contributed by atoms with Crippen molar-refractivity contribution in [2.45, 2.75) is 85.7 Å². The zero-order valence-corrected chi connectivity index (χ0v) is 29.1. The number of fused-ring (bicyclic) bond motifs is 1. The Bertz CT molecular complexity index is 1080. The molecule has 0 amide bonds. The van der Waals surface area contributed by atoms with Crippen LogP contribution in [-0.2, 0) is 32.7 Å². The van der Waals surface area contributed by atoms with Crippen molar-refractivity contribution in [1.82, 2.24) is 0 Å². The molecule has 0 bridgehead atoms. The van der Waals surface area contributed by atoms with E-state index >= 15 is 0 Å². The van der Waals surface area contributed by atoms with E-state index in [9.17, 15) is 0 Å². The Balaban J connectivity index is 0.00000129. The van der Waals surface area contributed by atoms with E-state index in [1.165, 1.54) is 33.0 Å². The summed E-state index contributed by atoms with van der Waals surface area (Å²) in [6, 6.07) is 17.3. The second-order valence-electron chi connectivity index (χ2n) is 13.1. The van der Waals surface area contributed by atoms with Crippen molar-refractivity contribution in [3.63, 3.8) is 0 Å². The Morgan fingerprint density at radius 1 is 0.853 bits per heavy atom. The van der Waals surface area contributed by atoms with Crippen LogP contribution in [-0.4, -0.2) is 16.1 Å². The third kappa shape index (κ3) is 7.72. The van der Waals surface area contributed by atoms with Crippen LogP contribution in [0.3, 0.4) is 0 Å². The van der Waals surface area contributed by atoms with Gasteiger partial charge in [-0.2, -0.15) is 6.07 Å². The topological polar surface area (TPSA) is 0 Å². The summed E-state index contributed by atoms with van der Waals surface area (Å²) in [4.78, 5) is 0. The van der Waals surface area contributed by atoms with Gasteiger partial charge in [-0.15, -0.1) is 34.5 Å². The van der Waals surface area contributed by atoms with Crippen LogP contribution in [0.1, 0.15) is 45.7 Å². The molecule has 3 aromatic rings. The van der Waals surface area contributed by atoms with Crippen molar-refractivity contribution < 1.29 is 20.8 Å². The fraction of sp³-hybridized carbons (Fsp3) is 0.483. The van der Waals surface area contributed by atoms with Gasteiger partial charge in [-0.1, -0.05) is 114 Å². The van der Waals surface area contributed by atoms with Gasteiger partial charge >= 0.3 is 37.9 Å². The molecule has 34 heavy (non-hydrogen) atoms. The van der Waals surface area contributed by atoms with E-state index in [0.29, 0.717) is 5.92 Å². The van der Waals surface area contributed by atoms with Gasteiger partial charge < -0.3 is 0 Å². The normalized spacial score (nSPS) is 12.6. The first kappa shape index (κ1) is 30.2. The second kappa shape index (κ2) is 11.6. The summed E-state index contributed by atoms with van der Waals surface area (Å²) < 4.78 is 0. The maximum absolute atomic E-state index is 4.93. The molecule has 0 spiro atoms. The zero-order valence-electron chi connectivity index (χ0n) is 23.1. The van der Waals surface area contributed by atoms with Gasteiger partial charge in [-0.05, 0) is 23.3 Å². The summed E-state index contributed by atoms with van der Waals surface area (Å²) in [5.74, 6) is 0.677. The van der Waals surface area contributed by atoms with E-state index in [0.717, 1.165) is 6.42 Å². The van der Waals surface area contributed by atoms with E-state index in [4.69, 9.17) is 17.0 Å². The van der Waals surface area contributed by atoms with Crippen LogP contribution in [0.25, 0.3) is 21.9 Å². The molecular formula is C29H43Cl2Si2Zr-. The number of hydrogen-bond acceptors (Lipinski definition) is 0. The SMILES string of the molecule is CC(C)Cc1cc2c(-c3cc([Si](C)(C)C)cc([Si](C)(C)C)c3)c(C(C)(C)C)ccc2[cH-]1.[Cl][Zr][Cl]. The maximum atomic E-state index is 4.93. The minimum absolute atomic E-state index is 0.105. The molecule has 0 saturated carbocycles. The molecule has 0 fully saturated rings. The Kier molecular flexibility index (Phi) is 10.3. The van der Waals surface area contributed by atoms with Gasteiger partial charge in [-0.25, -0.2) is 0 Å². The van der Waals surface area contributed by atoms with Gasteiger partial charge in [0.2, 0.25) is 0 Å². The number of halogens is 2. The van der Waals surface area contributed by atoms with Crippen molar-refractivity contribution in [2.75, 3.05) is 0 Å². The monoisotopic (exact) mass is 607 g/mol. The molecule has 3 aromatic carbocycles. The summed E-state index contributed by atoms with van der Waals surface area (Å²) >= 11 is -0.826. The van der Waals surface area contributed by atoms with Gasteiger partial charge in [0, 0.05) is 0 Å². The third-order valence-electron chi connectivity index (χ3n) is 6.36. The van der Waals surface area contributed by atoms with Crippen LogP contribution < -0.4 is 10.4 Å². The van der Waals surface area contributed by atoms with Gasteiger partial charge in [0.25, 0.3) is 0 Å². The molecule has 0 aliphatic heterocycles. The first-order valence-electron chi connectivity index (χ1n) is 12.3. The zero-order chi connectivity index (χ0) is 26.1. The molecule has 5 heteroatoms. The quantitative estimate of drug-likeness (QED) is 0.200. The molecule has 0 atom stereocenters. The first-order valence-corrected chi connectivity index (χ1v) is 25.7. The van der Waals surface area contributed by atoms with Crippen LogP contribution in [0.15, 0.2) is 42.5 Å². The third-order valence-corrected chi connectivity index (χ3v) is 10.4. The number of benzene rings is 2. The molecule has 0 saturated heterocycles. The summed E-state index contributed by atoms with van der Waals surface area (Å²) in [7, 11) is 7.00. The van der Waals surface area contributed by atoms with E-state index in [1.807, 2.05) is 0 Å². The van der Waals surface area contributed by atoms with Gasteiger partial charge in [0.1, 0.15) is 0 Å². The van der Waals surface area contributed by atoms with Crippen LogP contribution in [0.4, 0.5) is 0 Å². The second-order valence-corrected chi connectivity index (χ2v) is 27.0. The number of rotatable bonds is 5. The van der Waals surface area contributed by atoms with Crippen molar-refractivity contribution in [2.24, 2.45) is 5.92 Å². The molecule has 0 heterocycles. The predicted octanol–water partition coefficient (Wildman–Crippen LogP) is 9.19. The van der Waals surface area contributed by atoms with Crippen molar-refractivity contribution in [3.05, 3.63) is 53.6 Å². The summed E-state index contributed by atoms with van der Waals surface area (Å²) in [6.45, 7) is 26.6.